The summed E-state index contributed by atoms with van der Waals surface area (Å²) in [6, 6.07) is 13.3. The van der Waals surface area contributed by atoms with E-state index in [4.69, 9.17) is 0 Å². The Morgan fingerprint density at radius 3 is 2.59 bits per heavy atom. The van der Waals surface area contributed by atoms with Crippen molar-refractivity contribution in [1.29, 1.82) is 0 Å². The molecular formula is C22H25N5O2. The lowest BCUT2D eigenvalue weighted by Gasteiger charge is -2.35. The Bertz CT molecular complexity index is 921. The smallest absolute Gasteiger partial charge is 0.246 e. The van der Waals surface area contributed by atoms with Gasteiger partial charge in [-0.3, -0.25) is 19.4 Å². The third-order valence-corrected chi connectivity index (χ3v) is 5.22. The Labute approximate surface area is 170 Å². The minimum absolute atomic E-state index is 0.0870. The molecule has 29 heavy (non-hydrogen) atoms. The van der Waals surface area contributed by atoms with Gasteiger partial charge in [-0.15, -0.1) is 0 Å². The summed E-state index contributed by atoms with van der Waals surface area (Å²) in [5, 5.41) is 17.2. The minimum Gasteiger partial charge on any atom is -0.393 e. The zero-order valence-electron chi connectivity index (χ0n) is 16.2. The van der Waals surface area contributed by atoms with Crippen molar-refractivity contribution in [2.45, 2.75) is 31.5 Å². The molecule has 0 saturated carbocycles. The van der Waals surface area contributed by atoms with Gasteiger partial charge in [0.25, 0.3) is 0 Å². The first-order valence-electron chi connectivity index (χ1n) is 9.88. The van der Waals surface area contributed by atoms with Crippen molar-refractivity contribution in [3.05, 3.63) is 78.4 Å². The van der Waals surface area contributed by atoms with E-state index in [1.165, 1.54) is 0 Å². The van der Waals surface area contributed by atoms with Crippen LogP contribution in [-0.4, -0.2) is 49.9 Å². The van der Waals surface area contributed by atoms with E-state index in [-0.39, 0.29) is 12.0 Å². The minimum atomic E-state index is -0.396. The predicted octanol–water partition coefficient (Wildman–Crippen LogP) is 2.46. The van der Waals surface area contributed by atoms with Crippen molar-refractivity contribution in [3.63, 3.8) is 0 Å². The highest BCUT2D eigenvalue weighted by Crippen LogP contribution is 2.26. The summed E-state index contributed by atoms with van der Waals surface area (Å²) >= 11 is 0. The largest absolute Gasteiger partial charge is 0.393 e. The second-order valence-electron chi connectivity index (χ2n) is 7.35. The van der Waals surface area contributed by atoms with Crippen molar-refractivity contribution in [3.8, 4) is 0 Å². The number of benzene rings is 1. The number of hydrogen-bond acceptors (Lipinski definition) is 5. The molecule has 7 nitrogen and oxygen atoms in total. The first-order chi connectivity index (χ1) is 14.2. The number of likely N-dealkylation sites (tertiary alicyclic amines) is 1. The molecule has 2 aromatic heterocycles. The first-order valence-corrected chi connectivity index (χ1v) is 9.88. The van der Waals surface area contributed by atoms with Gasteiger partial charge in [-0.25, -0.2) is 0 Å². The van der Waals surface area contributed by atoms with Gasteiger partial charge >= 0.3 is 0 Å². The predicted molar refractivity (Wildman–Crippen MR) is 110 cm³/mol. The van der Waals surface area contributed by atoms with Crippen LogP contribution in [0, 0.1) is 0 Å². The third-order valence-electron chi connectivity index (χ3n) is 5.22. The normalized spacial score (nSPS) is 16.4. The van der Waals surface area contributed by atoms with E-state index < -0.39 is 6.04 Å². The van der Waals surface area contributed by atoms with Gasteiger partial charge < -0.3 is 10.4 Å². The molecule has 4 rings (SSSR count). The summed E-state index contributed by atoms with van der Waals surface area (Å²) in [4.78, 5) is 19.4. The van der Waals surface area contributed by atoms with Crippen molar-refractivity contribution in [2.75, 3.05) is 18.4 Å². The van der Waals surface area contributed by atoms with Gasteiger partial charge in [0.15, 0.2) is 0 Å². The summed E-state index contributed by atoms with van der Waals surface area (Å²) in [5.41, 5.74) is 2.71. The fourth-order valence-electron chi connectivity index (χ4n) is 3.71. The zero-order valence-corrected chi connectivity index (χ0v) is 16.2. The van der Waals surface area contributed by atoms with Crippen LogP contribution >= 0.6 is 0 Å². The molecule has 1 aromatic carbocycles. The monoisotopic (exact) mass is 391 g/mol. The second-order valence-corrected chi connectivity index (χ2v) is 7.35. The zero-order chi connectivity index (χ0) is 20.1. The molecule has 1 aliphatic heterocycles. The van der Waals surface area contributed by atoms with Crippen molar-refractivity contribution in [1.82, 2.24) is 19.7 Å². The number of piperidine rings is 1. The van der Waals surface area contributed by atoms with E-state index in [1.807, 2.05) is 48.7 Å². The number of pyridine rings is 1. The fourth-order valence-corrected chi connectivity index (χ4v) is 3.71. The number of aliphatic hydroxyl groups is 1. The average Bonchev–Trinajstić information content (AvgIpc) is 3.18. The summed E-state index contributed by atoms with van der Waals surface area (Å²) in [5.74, 6) is -0.0870. The van der Waals surface area contributed by atoms with Gasteiger partial charge in [-0.05, 0) is 36.1 Å². The van der Waals surface area contributed by atoms with E-state index in [0.717, 1.165) is 11.1 Å². The molecule has 3 heterocycles. The van der Waals surface area contributed by atoms with Gasteiger partial charge in [-0.2, -0.15) is 5.10 Å². The molecule has 150 valence electrons. The van der Waals surface area contributed by atoms with E-state index in [2.05, 4.69) is 20.3 Å². The molecule has 1 saturated heterocycles. The maximum absolute atomic E-state index is 13.2. The van der Waals surface area contributed by atoms with Crippen LogP contribution in [0.15, 0.2) is 67.3 Å². The number of aromatic nitrogens is 3. The van der Waals surface area contributed by atoms with Crippen LogP contribution in [0.3, 0.4) is 0 Å². The molecular weight excluding hydrogens is 366 g/mol. The number of rotatable bonds is 6. The van der Waals surface area contributed by atoms with Gasteiger partial charge in [0.05, 0.1) is 24.5 Å². The van der Waals surface area contributed by atoms with Crippen LogP contribution in [0.1, 0.15) is 30.0 Å². The van der Waals surface area contributed by atoms with Gasteiger partial charge in [0.1, 0.15) is 6.04 Å². The Morgan fingerprint density at radius 2 is 1.86 bits per heavy atom. The molecule has 2 N–H and O–H groups in total. The van der Waals surface area contributed by atoms with Gasteiger partial charge in [-0.1, -0.05) is 30.3 Å². The number of carbonyl (C=O) groups is 1. The summed E-state index contributed by atoms with van der Waals surface area (Å²) in [7, 11) is 0. The highest BCUT2D eigenvalue weighted by Gasteiger charge is 2.30. The molecule has 1 aliphatic rings. The Balaban J connectivity index is 1.48. The SMILES string of the molecule is O=C(Nc1cnn(Cc2ccncc2)c1)C(c1ccccc1)N1CCC(O)CC1. The van der Waals surface area contributed by atoms with Crippen LogP contribution in [0.4, 0.5) is 5.69 Å². The summed E-state index contributed by atoms with van der Waals surface area (Å²) < 4.78 is 1.79. The maximum Gasteiger partial charge on any atom is 0.246 e. The molecule has 3 aromatic rings. The Morgan fingerprint density at radius 1 is 1.14 bits per heavy atom. The number of nitrogens with one attached hydrogen (secondary N) is 1. The van der Waals surface area contributed by atoms with Crippen molar-refractivity contribution >= 4 is 11.6 Å². The van der Waals surface area contributed by atoms with Crippen molar-refractivity contribution in [2.24, 2.45) is 0 Å². The van der Waals surface area contributed by atoms with E-state index in [1.54, 1.807) is 23.3 Å². The van der Waals surface area contributed by atoms with Crippen LogP contribution in [-0.2, 0) is 11.3 Å². The quantitative estimate of drug-likeness (QED) is 0.674. The lowest BCUT2D eigenvalue weighted by atomic mass is 10.00. The second kappa shape index (κ2) is 8.98. The van der Waals surface area contributed by atoms with E-state index in [0.29, 0.717) is 38.2 Å². The third kappa shape index (κ3) is 4.88. The summed E-state index contributed by atoms with van der Waals surface area (Å²) in [6.07, 6.45) is 8.09. The molecule has 0 aliphatic carbocycles. The number of amides is 1. The summed E-state index contributed by atoms with van der Waals surface area (Å²) in [6.45, 7) is 2.00. The van der Waals surface area contributed by atoms with Gasteiger partial charge in [0.2, 0.25) is 5.91 Å². The van der Waals surface area contributed by atoms with Crippen LogP contribution < -0.4 is 5.32 Å². The fraction of sp³-hybridized carbons (Fsp3) is 0.318. The average molecular weight is 391 g/mol. The van der Waals surface area contributed by atoms with E-state index >= 15 is 0 Å². The molecule has 1 unspecified atom stereocenters. The van der Waals surface area contributed by atoms with Crippen LogP contribution in [0.25, 0.3) is 0 Å². The molecule has 1 fully saturated rings. The molecule has 1 atom stereocenters. The maximum atomic E-state index is 13.2. The Hall–Kier alpha value is -3.03. The highest BCUT2D eigenvalue weighted by molar-refractivity contribution is 5.95. The topological polar surface area (TPSA) is 83.3 Å². The number of carbonyl (C=O) groups excluding carboxylic acids is 1. The molecule has 0 radical (unpaired) electrons. The Kier molecular flexibility index (Phi) is 5.97. The number of hydrogen-bond donors (Lipinski definition) is 2. The number of nitrogens with zero attached hydrogens (tertiary/aromatic N) is 4. The lowest BCUT2D eigenvalue weighted by Crippen LogP contribution is -2.43. The highest BCUT2D eigenvalue weighted by atomic mass is 16.3. The van der Waals surface area contributed by atoms with Crippen molar-refractivity contribution < 1.29 is 9.90 Å². The molecule has 0 bridgehead atoms. The van der Waals surface area contributed by atoms with Gasteiger partial charge in [0, 0.05) is 31.7 Å². The first kappa shape index (κ1) is 19.3. The lowest BCUT2D eigenvalue weighted by molar-refractivity contribution is -0.122. The van der Waals surface area contributed by atoms with Crippen LogP contribution in [0.2, 0.25) is 0 Å². The molecule has 7 heteroatoms. The standard InChI is InChI=1S/C22H25N5O2/c28-20-8-12-26(13-9-20)21(18-4-2-1-3-5-18)22(29)25-19-14-24-27(16-19)15-17-6-10-23-11-7-17/h1-7,10-11,14,16,20-21,28H,8-9,12-13,15H2,(H,25,29). The molecule has 1 amide bonds. The molecule has 0 spiro atoms. The number of anilines is 1. The van der Waals surface area contributed by atoms with E-state index in [9.17, 15) is 9.90 Å². The number of aliphatic hydroxyl groups excluding tert-OH is 1. The van der Waals surface area contributed by atoms with Crippen LogP contribution in [0.5, 0.6) is 0 Å².